The van der Waals surface area contributed by atoms with Gasteiger partial charge in [-0.3, -0.25) is 20.4 Å². The molecule has 3 aromatic rings. The van der Waals surface area contributed by atoms with Crippen molar-refractivity contribution in [1.82, 2.24) is 10.9 Å². The van der Waals surface area contributed by atoms with Gasteiger partial charge in [0.2, 0.25) is 9.84 Å². The van der Waals surface area contributed by atoms with Crippen LogP contribution < -0.4 is 15.6 Å². The van der Waals surface area contributed by atoms with Crippen molar-refractivity contribution in [3.8, 4) is 5.75 Å². The number of hydrogen-bond donors (Lipinski definition) is 2. The average molecular weight is 448 g/mol. The van der Waals surface area contributed by atoms with Crippen LogP contribution in [0.4, 0.5) is 8.78 Å². The zero-order valence-corrected chi connectivity index (χ0v) is 17.0. The zero-order valence-electron chi connectivity index (χ0n) is 16.2. The third-order valence-corrected chi connectivity index (χ3v) is 5.78. The Morgan fingerprint density at radius 3 is 2.19 bits per heavy atom. The van der Waals surface area contributed by atoms with Crippen molar-refractivity contribution in [2.45, 2.75) is 23.7 Å². The summed E-state index contributed by atoms with van der Waals surface area (Å²) < 4.78 is 53.5. The van der Waals surface area contributed by atoms with Crippen molar-refractivity contribution in [1.29, 1.82) is 0 Å². The first kappa shape index (κ1) is 22.2. The molecule has 162 valence electrons. The average Bonchev–Trinajstić information content (AvgIpc) is 2.77. The van der Waals surface area contributed by atoms with Crippen LogP contribution in [0, 0.1) is 0 Å². The van der Waals surface area contributed by atoms with Gasteiger partial charge in [-0.15, -0.1) is 0 Å². The summed E-state index contributed by atoms with van der Waals surface area (Å²) in [5.74, 6) is -4.47. The van der Waals surface area contributed by atoms with Crippen LogP contribution in [-0.4, -0.2) is 32.1 Å². The molecule has 0 aromatic heterocycles. The Balaban J connectivity index is 1.57. The number of alkyl halides is 2. The molecule has 0 fully saturated rings. The van der Waals surface area contributed by atoms with Gasteiger partial charge in [-0.05, 0) is 54.1 Å². The number of hydrogen-bond acceptors (Lipinski definition) is 5. The number of sulfone groups is 1. The van der Waals surface area contributed by atoms with Gasteiger partial charge in [-0.1, -0.05) is 30.3 Å². The Labute approximate surface area is 176 Å². The number of carbonyl (C=O) groups is 2. The summed E-state index contributed by atoms with van der Waals surface area (Å²) in [4.78, 5) is 23.7. The van der Waals surface area contributed by atoms with Gasteiger partial charge in [-0.25, -0.2) is 8.42 Å². The molecule has 2 N–H and O–H groups in total. The van der Waals surface area contributed by atoms with Crippen molar-refractivity contribution in [3.05, 3.63) is 72.3 Å². The molecule has 1 atom stereocenters. The second-order valence-electron chi connectivity index (χ2n) is 6.54. The number of halogens is 2. The Kier molecular flexibility index (Phi) is 6.50. The largest absolute Gasteiger partial charge is 0.481 e. The van der Waals surface area contributed by atoms with Crippen molar-refractivity contribution in [2.75, 3.05) is 0 Å². The molecule has 1 unspecified atom stereocenters. The van der Waals surface area contributed by atoms with Crippen molar-refractivity contribution < 1.29 is 31.5 Å². The zero-order chi connectivity index (χ0) is 22.6. The third kappa shape index (κ3) is 5.15. The number of fused-ring (bicyclic) bond motifs is 1. The Bertz CT molecular complexity index is 1210. The molecule has 0 radical (unpaired) electrons. The summed E-state index contributed by atoms with van der Waals surface area (Å²) in [6.07, 6.45) is -0.931. The van der Waals surface area contributed by atoms with Crippen LogP contribution in [0.25, 0.3) is 10.8 Å². The molecule has 31 heavy (non-hydrogen) atoms. The fourth-order valence-electron chi connectivity index (χ4n) is 2.69. The van der Waals surface area contributed by atoms with Crippen LogP contribution in [0.2, 0.25) is 0 Å². The van der Waals surface area contributed by atoms with E-state index in [0.29, 0.717) is 5.75 Å². The standard InChI is InChI=1S/C21H18F2N2O5S/c1-13(30-17-9-6-14-4-2-3-5-16(14)12-17)19(26)24-25-20(27)15-7-10-18(11-8-15)31(28,29)21(22)23/h2-13,21H,1H3,(H,24,26)(H,25,27). The molecule has 0 aliphatic carbocycles. The maximum absolute atomic E-state index is 12.5. The number of amides is 2. The fourth-order valence-corrected chi connectivity index (χ4v) is 3.41. The van der Waals surface area contributed by atoms with Gasteiger partial charge >= 0.3 is 5.76 Å². The molecule has 0 saturated heterocycles. The monoisotopic (exact) mass is 448 g/mol. The molecule has 3 aromatic carbocycles. The van der Waals surface area contributed by atoms with Gasteiger partial charge < -0.3 is 4.74 Å². The van der Waals surface area contributed by atoms with Gasteiger partial charge in [0.15, 0.2) is 6.10 Å². The Hall–Kier alpha value is -3.53. The van der Waals surface area contributed by atoms with E-state index in [1.165, 1.54) is 6.92 Å². The highest BCUT2D eigenvalue weighted by Gasteiger charge is 2.26. The van der Waals surface area contributed by atoms with E-state index < -0.39 is 38.4 Å². The first-order valence-corrected chi connectivity index (χ1v) is 10.6. The molecule has 0 heterocycles. The van der Waals surface area contributed by atoms with Crippen LogP contribution in [0.1, 0.15) is 17.3 Å². The summed E-state index contributed by atoms with van der Waals surface area (Å²) >= 11 is 0. The predicted octanol–water partition coefficient (Wildman–Crippen LogP) is 3.06. The maximum atomic E-state index is 12.5. The number of rotatable bonds is 6. The predicted molar refractivity (Wildman–Crippen MR) is 109 cm³/mol. The van der Waals surface area contributed by atoms with Gasteiger partial charge in [0.1, 0.15) is 5.75 Å². The van der Waals surface area contributed by atoms with E-state index in [0.717, 1.165) is 35.0 Å². The van der Waals surface area contributed by atoms with Crippen molar-refractivity contribution in [2.24, 2.45) is 0 Å². The lowest BCUT2D eigenvalue weighted by molar-refractivity contribution is -0.128. The second kappa shape index (κ2) is 9.09. The SMILES string of the molecule is CC(Oc1ccc2ccccc2c1)C(=O)NNC(=O)c1ccc(S(=O)(=O)C(F)F)cc1. The Morgan fingerprint density at radius 2 is 1.55 bits per heavy atom. The summed E-state index contributed by atoms with van der Waals surface area (Å²) in [5.41, 5.74) is 4.33. The second-order valence-corrected chi connectivity index (χ2v) is 8.46. The summed E-state index contributed by atoms with van der Waals surface area (Å²) in [6.45, 7) is 1.50. The van der Waals surface area contributed by atoms with E-state index in [4.69, 9.17) is 4.74 Å². The lowest BCUT2D eigenvalue weighted by atomic mass is 10.1. The quantitative estimate of drug-likeness (QED) is 0.565. The smallest absolute Gasteiger partial charge is 0.341 e. The lowest BCUT2D eigenvalue weighted by Gasteiger charge is -2.15. The summed E-state index contributed by atoms with van der Waals surface area (Å²) in [6, 6.07) is 16.9. The van der Waals surface area contributed by atoms with Gasteiger partial charge in [0.05, 0.1) is 4.90 Å². The van der Waals surface area contributed by atoms with E-state index in [9.17, 15) is 26.8 Å². The minimum atomic E-state index is -4.75. The van der Waals surface area contributed by atoms with E-state index in [1.54, 1.807) is 12.1 Å². The van der Waals surface area contributed by atoms with Crippen molar-refractivity contribution >= 4 is 32.4 Å². The Morgan fingerprint density at radius 1 is 0.903 bits per heavy atom. The van der Waals surface area contributed by atoms with Gasteiger partial charge in [0, 0.05) is 5.56 Å². The summed E-state index contributed by atoms with van der Waals surface area (Å²) in [7, 11) is -4.75. The number of ether oxygens (including phenoxy) is 1. The van der Waals surface area contributed by atoms with Crippen LogP contribution in [0.5, 0.6) is 5.75 Å². The minimum absolute atomic E-state index is 0.0309. The number of nitrogens with one attached hydrogen (secondary N) is 2. The highest BCUT2D eigenvalue weighted by Crippen LogP contribution is 2.21. The maximum Gasteiger partial charge on any atom is 0.341 e. The molecule has 3 rings (SSSR count). The van der Waals surface area contributed by atoms with Crippen LogP contribution >= 0.6 is 0 Å². The van der Waals surface area contributed by atoms with Crippen LogP contribution in [-0.2, 0) is 14.6 Å². The first-order chi connectivity index (χ1) is 14.7. The molecule has 0 aliphatic heterocycles. The minimum Gasteiger partial charge on any atom is -0.481 e. The topological polar surface area (TPSA) is 102 Å². The molecular weight excluding hydrogens is 430 g/mol. The van der Waals surface area contributed by atoms with E-state index in [2.05, 4.69) is 10.9 Å². The van der Waals surface area contributed by atoms with Gasteiger partial charge in [0.25, 0.3) is 11.8 Å². The fraction of sp³-hybridized carbons (Fsp3) is 0.143. The number of hydrazine groups is 1. The molecule has 0 bridgehead atoms. The lowest BCUT2D eigenvalue weighted by Crippen LogP contribution is -2.47. The number of carbonyl (C=O) groups excluding carboxylic acids is 2. The molecule has 0 spiro atoms. The molecule has 2 amide bonds. The van der Waals surface area contributed by atoms with Gasteiger partial charge in [-0.2, -0.15) is 8.78 Å². The van der Waals surface area contributed by atoms with E-state index >= 15 is 0 Å². The highest BCUT2D eigenvalue weighted by atomic mass is 32.2. The summed E-state index contributed by atoms with van der Waals surface area (Å²) in [5, 5.41) is 1.96. The van der Waals surface area contributed by atoms with E-state index in [1.807, 2.05) is 30.3 Å². The number of benzene rings is 3. The normalized spacial score (nSPS) is 12.4. The molecule has 10 heteroatoms. The molecule has 0 saturated carbocycles. The highest BCUT2D eigenvalue weighted by molar-refractivity contribution is 7.91. The third-order valence-electron chi connectivity index (χ3n) is 4.38. The molecular formula is C21H18F2N2O5S. The first-order valence-electron chi connectivity index (χ1n) is 9.06. The molecule has 7 nitrogen and oxygen atoms in total. The molecule has 0 aliphatic rings. The van der Waals surface area contributed by atoms with Crippen LogP contribution in [0.3, 0.4) is 0 Å². The van der Waals surface area contributed by atoms with Crippen molar-refractivity contribution in [3.63, 3.8) is 0 Å². The van der Waals surface area contributed by atoms with Crippen LogP contribution in [0.15, 0.2) is 71.6 Å². The van der Waals surface area contributed by atoms with E-state index in [-0.39, 0.29) is 5.56 Å².